The molecule has 0 aliphatic carbocycles. The molecule has 0 amide bonds. The molecule has 0 bridgehead atoms. The number of sulfonamides is 1. The third-order valence-corrected chi connectivity index (χ3v) is 4.19. The highest BCUT2D eigenvalue weighted by Gasteiger charge is 2.15. The molecule has 102 valence electrons. The van der Waals surface area contributed by atoms with Crippen LogP contribution in [0, 0.1) is 0 Å². The van der Waals surface area contributed by atoms with Gasteiger partial charge in [-0.15, -0.1) is 0 Å². The van der Waals surface area contributed by atoms with Crippen molar-refractivity contribution in [3.8, 4) is 0 Å². The first-order valence-corrected chi connectivity index (χ1v) is 7.38. The Kier molecular flexibility index (Phi) is 4.18. The van der Waals surface area contributed by atoms with Crippen molar-refractivity contribution in [1.82, 2.24) is 14.3 Å². The number of nitrogens with two attached hydrogens (primary N) is 1. The number of benzene rings is 1. The summed E-state index contributed by atoms with van der Waals surface area (Å²) in [5.74, 6) is 0. The topological polar surface area (TPSA) is 90.0 Å². The number of rotatable bonds is 6. The quantitative estimate of drug-likeness (QED) is 0.606. The maximum Gasteiger partial charge on any atom is 0.242 e. The number of nitrogen functional groups attached to an aromatic ring is 1. The Morgan fingerprint density at radius 1 is 1.32 bits per heavy atom. The van der Waals surface area contributed by atoms with Gasteiger partial charge in [0.05, 0.1) is 12.0 Å². The van der Waals surface area contributed by atoms with Crippen molar-refractivity contribution < 1.29 is 8.42 Å². The van der Waals surface area contributed by atoms with Crippen LogP contribution in [0.1, 0.15) is 6.42 Å². The third-order valence-electron chi connectivity index (χ3n) is 2.65. The Hall–Kier alpha value is -1.86. The van der Waals surface area contributed by atoms with E-state index in [1.165, 1.54) is 6.07 Å². The SMILES string of the molecule is Nc1ccccc1S(=O)(=O)NCCCn1ccnc1. The molecule has 19 heavy (non-hydrogen) atoms. The third kappa shape index (κ3) is 3.55. The molecule has 1 aromatic carbocycles. The summed E-state index contributed by atoms with van der Waals surface area (Å²) in [6.45, 7) is 1.07. The van der Waals surface area contributed by atoms with Crippen molar-refractivity contribution in [2.75, 3.05) is 12.3 Å². The minimum absolute atomic E-state index is 0.123. The summed E-state index contributed by atoms with van der Waals surface area (Å²) in [5.41, 5.74) is 5.91. The van der Waals surface area contributed by atoms with E-state index in [1.807, 2.05) is 10.8 Å². The predicted octanol–water partition coefficient (Wildman–Crippen LogP) is 0.834. The molecule has 3 N–H and O–H groups in total. The number of aromatic nitrogens is 2. The van der Waals surface area contributed by atoms with Gasteiger partial charge in [-0.1, -0.05) is 12.1 Å². The maximum absolute atomic E-state index is 12.0. The van der Waals surface area contributed by atoms with Crippen LogP contribution in [-0.2, 0) is 16.6 Å². The van der Waals surface area contributed by atoms with Gasteiger partial charge < -0.3 is 10.3 Å². The lowest BCUT2D eigenvalue weighted by atomic mass is 10.3. The van der Waals surface area contributed by atoms with Gasteiger partial charge in [0.1, 0.15) is 4.90 Å². The van der Waals surface area contributed by atoms with Crippen LogP contribution in [0.3, 0.4) is 0 Å². The van der Waals surface area contributed by atoms with Crippen molar-refractivity contribution in [1.29, 1.82) is 0 Å². The Labute approximate surface area is 112 Å². The van der Waals surface area contributed by atoms with Crippen LogP contribution in [0.25, 0.3) is 0 Å². The number of aryl methyl sites for hydroxylation is 1. The minimum atomic E-state index is -3.53. The summed E-state index contributed by atoms with van der Waals surface area (Å²) in [4.78, 5) is 4.04. The molecule has 0 saturated heterocycles. The summed E-state index contributed by atoms with van der Waals surface area (Å²) in [6, 6.07) is 6.41. The van der Waals surface area contributed by atoms with E-state index in [1.54, 1.807) is 30.7 Å². The number of nitrogens with zero attached hydrogens (tertiary/aromatic N) is 2. The summed E-state index contributed by atoms with van der Waals surface area (Å²) in [7, 11) is -3.53. The van der Waals surface area contributed by atoms with Gasteiger partial charge in [0.25, 0.3) is 0 Å². The molecule has 0 aliphatic heterocycles. The van der Waals surface area contributed by atoms with Gasteiger partial charge in [-0.3, -0.25) is 0 Å². The van der Waals surface area contributed by atoms with Crippen LogP contribution < -0.4 is 10.5 Å². The zero-order valence-corrected chi connectivity index (χ0v) is 11.2. The Balaban J connectivity index is 1.90. The van der Waals surface area contributed by atoms with E-state index in [9.17, 15) is 8.42 Å². The molecule has 1 heterocycles. The molecule has 0 unspecified atom stereocenters. The highest BCUT2D eigenvalue weighted by molar-refractivity contribution is 7.89. The zero-order chi connectivity index (χ0) is 13.7. The summed E-state index contributed by atoms with van der Waals surface area (Å²) >= 11 is 0. The lowest BCUT2D eigenvalue weighted by Gasteiger charge is -2.09. The van der Waals surface area contributed by atoms with Crippen LogP contribution in [0.4, 0.5) is 5.69 Å². The van der Waals surface area contributed by atoms with E-state index in [4.69, 9.17) is 5.73 Å². The van der Waals surface area contributed by atoms with Gasteiger partial charge in [-0.25, -0.2) is 18.1 Å². The molecular weight excluding hydrogens is 264 g/mol. The molecule has 0 saturated carbocycles. The second-order valence-corrected chi connectivity index (χ2v) is 5.83. The largest absolute Gasteiger partial charge is 0.398 e. The van der Waals surface area contributed by atoms with Crippen molar-refractivity contribution in [3.05, 3.63) is 43.0 Å². The standard InChI is InChI=1S/C12H16N4O2S/c13-11-4-1-2-5-12(11)19(17,18)15-6-3-8-16-9-7-14-10-16/h1-2,4-5,7,9-10,15H,3,6,8,13H2. The Bertz CT molecular complexity index is 623. The average Bonchev–Trinajstić information content (AvgIpc) is 2.88. The van der Waals surface area contributed by atoms with Crippen LogP contribution in [0.15, 0.2) is 47.9 Å². The number of para-hydroxylation sites is 1. The lowest BCUT2D eigenvalue weighted by molar-refractivity contribution is 0.570. The summed E-state index contributed by atoms with van der Waals surface area (Å²) in [6.07, 6.45) is 5.91. The smallest absolute Gasteiger partial charge is 0.242 e. The second-order valence-electron chi connectivity index (χ2n) is 4.09. The molecular formula is C12H16N4O2S. The summed E-state index contributed by atoms with van der Waals surface area (Å²) in [5, 5.41) is 0. The van der Waals surface area contributed by atoms with Crippen LogP contribution in [-0.4, -0.2) is 24.5 Å². The highest BCUT2D eigenvalue weighted by atomic mass is 32.2. The van der Waals surface area contributed by atoms with Crippen molar-refractivity contribution in [2.24, 2.45) is 0 Å². The predicted molar refractivity (Wildman–Crippen MR) is 72.9 cm³/mol. The number of nitrogens with one attached hydrogen (secondary N) is 1. The monoisotopic (exact) mass is 280 g/mol. The summed E-state index contributed by atoms with van der Waals surface area (Å²) < 4.78 is 28.4. The number of anilines is 1. The number of hydrogen-bond acceptors (Lipinski definition) is 4. The molecule has 7 heteroatoms. The molecule has 0 radical (unpaired) electrons. The van der Waals surface area contributed by atoms with Gasteiger partial charge in [-0.2, -0.15) is 0 Å². The number of hydrogen-bond donors (Lipinski definition) is 2. The fraction of sp³-hybridized carbons (Fsp3) is 0.250. The van der Waals surface area contributed by atoms with E-state index in [-0.39, 0.29) is 10.6 Å². The highest BCUT2D eigenvalue weighted by Crippen LogP contribution is 2.16. The molecule has 0 spiro atoms. The van der Waals surface area contributed by atoms with E-state index in [0.717, 1.165) is 0 Å². The molecule has 0 fully saturated rings. The Morgan fingerprint density at radius 3 is 2.79 bits per heavy atom. The van der Waals surface area contributed by atoms with Crippen molar-refractivity contribution in [3.63, 3.8) is 0 Å². The molecule has 2 rings (SSSR count). The van der Waals surface area contributed by atoms with Gasteiger partial charge in [-0.05, 0) is 18.6 Å². The van der Waals surface area contributed by atoms with Gasteiger partial charge in [0.2, 0.25) is 10.0 Å². The molecule has 2 aromatic rings. The van der Waals surface area contributed by atoms with E-state index in [0.29, 0.717) is 19.5 Å². The van der Waals surface area contributed by atoms with Crippen LogP contribution >= 0.6 is 0 Å². The van der Waals surface area contributed by atoms with Crippen molar-refractivity contribution in [2.45, 2.75) is 17.9 Å². The average molecular weight is 280 g/mol. The first-order valence-electron chi connectivity index (χ1n) is 5.89. The minimum Gasteiger partial charge on any atom is -0.398 e. The van der Waals surface area contributed by atoms with Gasteiger partial charge in [0, 0.05) is 25.5 Å². The molecule has 1 aromatic heterocycles. The lowest BCUT2D eigenvalue weighted by Crippen LogP contribution is -2.26. The van der Waals surface area contributed by atoms with Crippen LogP contribution in [0.2, 0.25) is 0 Å². The Morgan fingerprint density at radius 2 is 2.11 bits per heavy atom. The normalized spacial score (nSPS) is 11.6. The second kappa shape index (κ2) is 5.85. The molecule has 6 nitrogen and oxygen atoms in total. The van der Waals surface area contributed by atoms with Crippen LogP contribution in [0.5, 0.6) is 0 Å². The molecule has 0 atom stereocenters. The van der Waals surface area contributed by atoms with E-state index in [2.05, 4.69) is 9.71 Å². The van der Waals surface area contributed by atoms with Gasteiger partial charge in [0.15, 0.2) is 0 Å². The fourth-order valence-electron chi connectivity index (χ4n) is 1.69. The first-order chi connectivity index (χ1) is 9.09. The maximum atomic E-state index is 12.0. The molecule has 0 aliphatic rings. The zero-order valence-electron chi connectivity index (χ0n) is 10.4. The fourth-order valence-corrected chi connectivity index (χ4v) is 2.89. The van der Waals surface area contributed by atoms with Crippen molar-refractivity contribution >= 4 is 15.7 Å². The van der Waals surface area contributed by atoms with E-state index < -0.39 is 10.0 Å². The first kappa shape index (κ1) is 13.6. The number of imidazole rings is 1. The van der Waals surface area contributed by atoms with Gasteiger partial charge >= 0.3 is 0 Å². The van der Waals surface area contributed by atoms with E-state index >= 15 is 0 Å².